The third kappa shape index (κ3) is 1.95. The van der Waals surface area contributed by atoms with E-state index in [-0.39, 0.29) is 0 Å². The third-order valence-corrected chi connectivity index (χ3v) is 1.11. The number of hydrogen-bond donors (Lipinski definition) is 0. The third-order valence-electron chi connectivity index (χ3n) is 1.11. The minimum Gasteiger partial charge on any atom is -0.0982 e. The number of rotatable bonds is 0. The summed E-state index contributed by atoms with van der Waals surface area (Å²) in [5, 5.41) is 0. The van der Waals surface area contributed by atoms with Crippen molar-refractivity contribution in [2.75, 3.05) is 0 Å². The SMILES string of the molecule is CCC#Cc1[c]cccc1. The number of hydrogen-bond acceptors (Lipinski definition) is 0. The van der Waals surface area contributed by atoms with Crippen LogP contribution < -0.4 is 0 Å². The van der Waals surface area contributed by atoms with Crippen LogP contribution in [0, 0.1) is 17.9 Å². The molecule has 0 amide bonds. The molecule has 0 bridgehead atoms. The van der Waals surface area contributed by atoms with Crippen molar-refractivity contribution >= 4 is 0 Å². The van der Waals surface area contributed by atoms with Crippen LogP contribution in [0.5, 0.6) is 0 Å². The minimum atomic E-state index is 0.905. The minimum absolute atomic E-state index is 0.905. The Morgan fingerprint density at radius 2 is 2.40 bits per heavy atom. The van der Waals surface area contributed by atoms with Gasteiger partial charge in [0.1, 0.15) is 0 Å². The van der Waals surface area contributed by atoms with Gasteiger partial charge in [0.25, 0.3) is 0 Å². The summed E-state index contributed by atoms with van der Waals surface area (Å²) in [4.78, 5) is 0. The molecule has 0 N–H and O–H groups in total. The Kier molecular flexibility index (Phi) is 2.58. The van der Waals surface area contributed by atoms with Crippen molar-refractivity contribution in [1.29, 1.82) is 0 Å². The van der Waals surface area contributed by atoms with E-state index < -0.39 is 0 Å². The predicted molar refractivity (Wildman–Crippen MR) is 42.4 cm³/mol. The molecule has 1 aromatic carbocycles. The maximum absolute atomic E-state index is 3.03. The van der Waals surface area contributed by atoms with Crippen molar-refractivity contribution in [1.82, 2.24) is 0 Å². The fourth-order valence-electron chi connectivity index (χ4n) is 0.655. The van der Waals surface area contributed by atoms with Crippen LogP contribution in [0.1, 0.15) is 18.9 Å². The quantitative estimate of drug-likeness (QED) is 0.471. The van der Waals surface area contributed by atoms with Crippen LogP contribution in [-0.4, -0.2) is 0 Å². The summed E-state index contributed by atoms with van der Waals surface area (Å²) in [6.07, 6.45) is 0.905. The molecule has 0 saturated heterocycles. The molecule has 0 saturated carbocycles. The molecule has 10 heavy (non-hydrogen) atoms. The van der Waals surface area contributed by atoms with Crippen molar-refractivity contribution in [3.63, 3.8) is 0 Å². The van der Waals surface area contributed by atoms with Gasteiger partial charge in [0.2, 0.25) is 0 Å². The molecule has 0 heteroatoms. The molecule has 1 radical (unpaired) electrons. The van der Waals surface area contributed by atoms with Crippen LogP contribution in [0.4, 0.5) is 0 Å². The van der Waals surface area contributed by atoms with E-state index >= 15 is 0 Å². The first kappa shape index (κ1) is 6.89. The highest BCUT2D eigenvalue weighted by molar-refractivity contribution is 5.32. The fourth-order valence-corrected chi connectivity index (χ4v) is 0.655. The Morgan fingerprint density at radius 1 is 1.50 bits per heavy atom. The molecule has 0 aliphatic carbocycles. The molecule has 1 aromatic rings. The average molecular weight is 129 g/mol. The van der Waals surface area contributed by atoms with Gasteiger partial charge in [-0.15, -0.1) is 0 Å². The van der Waals surface area contributed by atoms with Gasteiger partial charge in [0.05, 0.1) is 0 Å². The van der Waals surface area contributed by atoms with Crippen LogP contribution >= 0.6 is 0 Å². The maximum Gasteiger partial charge on any atom is 0.0324 e. The van der Waals surface area contributed by atoms with E-state index in [0.717, 1.165) is 12.0 Å². The second-order valence-corrected chi connectivity index (χ2v) is 1.93. The van der Waals surface area contributed by atoms with Gasteiger partial charge in [-0.1, -0.05) is 37.0 Å². The Morgan fingerprint density at radius 3 is 3.00 bits per heavy atom. The summed E-state index contributed by atoms with van der Waals surface area (Å²) in [6.45, 7) is 2.04. The second kappa shape index (κ2) is 3.74. The summed E-state index contributed by atoms with van der Waals surface area (Å²) in [5.74, 6) is 5.97. The topological polar surface area (TPSA) is 0 Å². The lowest BCUT2D eigenvalue weighted by Crippen LogP contribution is -1.70. The van der Waals surface area contributed by atoms with Crippen LogP contribution in [0.2, 0.25) is 0 Å². The molecule has 0 aliphatic rings. The Hall–Kier alpha value is -1.22. The van der Waals surface area contributed by atoms with Crippen LogP contribution in [0.3, 0.4) is 0 Å². The summed E-state index contributed by atoms with van der Waals surface area (Å²) in [7, 11) is 0. The molecule has 0 unspecified atom stereocenters. The van der Waals surface area contributed by atoms with Crippen LogP contribution in [0.15, 0.2) is 24.3 Å². The van der Waals surface area contributed by atoms with E-state index in [1.165, 1.54) is 0 Å². The zero-order valence-corrected chi connectivity index (χ0v) is 6.02. The summed E-state index contributed by atoms with van der Waals surface area (Å²) < 4.78 is 0. The molecular weight excluding hydrogens is 120 g/mol. The first-order valence-electron chi connectivity index (χ1n) is 3.39. The van der Waals surface area contributed by atoms with Crippen molar-refractivity contribution in [2.24, 2.45) is 0 Å². The van der Waals surface area contributed by atoms with Crippen molar-refractivity contribution in [2.45, 2.75) is 13.3 Å². The average Bonchev–Trinajstić information content (AvgIpc) is 2.03. The molecule has 0 aromatic heterocycles. The van der Waals surface area contributed by atoms with Crippen molar-refractivity contribution in [3.8, 4) is 11.8 Å². The zero-order valence-electron chi connectivity index (χ0n) is 6.02. The highest BCUT2D eigenvalue weighted by atomic mass is 13.8. The van der Waals surface area contributed by atoms with Gasteiger partial charge in [0.15, 0.2) is 0 Å². The predicted octanol–water partition coefficient (Wildman–Crippen LogP) is 2.25. The first-order chi connectivity index (χ1) is 4.93. The van der Waals surface area contributed by atoms with Crippen LogP contribution in [-0.2, 0) is 0 Å². The van der Waals surface area contributed by atoms with Gasteiger partial charge < -0.3 is 0 Å². The molecule has 0 heterocycles. The van der Waals surface area contributed by atoms with E-state index in [1.807, 2.05) is 31.2 Å². The van der Waals surface area contributed by atoms with Crippen molar-refractivity contribution < 1.29 is 0 Å². The lowest BCUT2D eigenvalue weighted by Gasteiger charge is -1.83. The highest BCUT2D eigenvalue weighted by Gasteiger charge is 1.79. The van der Waals surface area contributed by atoms with E-state index in [1.54, 1.807) is 0 Å². The summed E-state index contributed by atoms with van der Waals surface area (Å²) in [6, 6.07) is 10.8. The largest absolute Gasteiger partial charge is 0.0982 e. The molecule has 0 fully saturated rings. The summed E-state index contributed by atoms with van der Waals surface area (Å²) >= 11 is 0. The van der Waals surface area contributed by atoms with Gasteiger partial charge in [-0.25, -0.2) is 0 Å². The molecule has 1 rings (SSSR count). The molecule has 0 atom stereocenters. The first-order valence-corrected chi connectivity index (χ1v) is 3.39. The standard InChI is InChI=1S/C10H9/c1-2-3-7-10-8-5-4-6-9-10/h4-6,8H,2H2,1H3. The van der Waals surface area contributed by atoms with Crippen molar-refractivity contribution in [3.05, 3.63) is 35.9 Å². The van der Waals surface area contributed by atoms with E-state index in [9.17, 15) is 0 Å². The van der Waals surface area contributed by atoms with E-state index in [0.29, 0.717) is 0 Å². The Balaban J connectivity index is 2.76. The second-order valence-electron chi connectivity index (χ2n) is 1.93. The van der Waals surface area contributed by atoms with E-state index in [4.69, 9.17) is 0 Å². The lowest BCUT2D eigenvalue weighted by atomic mass is 10.2. The maximum atomic E-state index is 3.03. The van der Waals surface area contributed by atoms with E-state index in [2.05, 4.69) is 17.9 Å². The molecule has 0 nitrogen and oxygen atoms in total. The zero-order chi connectivity index (χ0) is 7.23. The van der Waals surface area contributed by atoms with Gasteiger partial charge in [-0.3, -0.25) is 0 Å². The Labute approximate surface area is 61.9 Å². The van der Waals surface area contributed by atoms with Gasteiger partial charge in [-0.05, 0) is 12.1 Å². The lowest BCUT2D eigenvalue weighted by molar-refractivity contribution is 1.28. The van der Waals surface area contributed by atoms with Gasteiger partial charge in [0, 0.05) is 12.0 Å². The molecule has 0 spiro atoms. The normalized spacial score (nSPS) is 8.10. The fraction of sp³-hybridized carbons (Fsp3) is 0.200. The molecule has 0 aliphatic heterocycles. The smallest absolute Gasteiger partial charge is 0.0324 e. The summed E-state index contributed by atoms with van der Waals surface area (Å²) in [5.41, 5.74) is 0.976. The van der Waals surface area contributed by atoms with Gasteiger partial charge in [-0.2, -0.15) is 0 Å². The van der Waals surface area contributed by atoms with Gasteiger partial charge >= 0.3 is 0 Å². The van der Waals surface area contributed by atoms with Crippen LogP contribution in [0.25, 0.3) is 0 Å². The highest BCUT2D eigenvalue weighted by Crippen LogP contribution is 1.93. The number of benzene rings is 1. The Bertz CT molecular complexity index is 236. The monoisotopic (exact) mass is 129 g/mol. The molecule has 49 valence electrons. The molecular formula is C10H9.